The van der Waals surface area contributed by atoms with E-state index in [1.54, 1.807) is 22.8 Å². The van der Waals surface area contributed by atoms with Crippen molar-refractivity contribution >= 4 is 22.8 Å². The summed E-state index contributed by atoms with van der Waals surface area (Å²) in [5.41, 5.74) is 2.01. The van der Waals surface area contributed by atoms with E-state index in [-0.39, 0.29) is 11.5 Å². The summed E-state index contributed by atoms with van der Waals surface area (Å²) in [4.78, 5) is 32.5. The van der Waals surface area contributed by atoms with E-state index in [0.717, 1.165) is 25.1 Å². The minimum Gasteiger partial charge on any atom is -0.352 e. The van der Waals surface area contributed by atoms with Gasteiger partial charge < -0.3 is 10.2 Å². The van der Waals surface area contributed by atoms with Gasteiger partial charge in [0, 0.05) is 25.2 Å². The van der Waals surface area contributed by atoms with Crippen molar-refractivity contribution in [3.05, 3.63) is 70.0 Å². The second-order valence-electron chi connectivity index (χ2n) is 6.95. The maximum Gasteiger partial charge on any atom is 0.263 e. The van der Waals surface area contributed by atoms with Gasteiger partial charge >= 0.3 is 0 Å². The number of nitrogens with zero attached hydrogens (tertiary/aromatic N) is 3. The molecule has 3 aromatic rings. The molecule has 0 radical (unpaired) electrons. The first kappa shape index (κ1) is 20.6. The van der Waals surface area contributed by atoms with Gasteiger partial charge in [-0.3, -0.25) is 14.2 Å². The van der Waals surface area contributed by atoms with Crippen LogP contribution in [-0.2, 0) is 6.54 Å². The van der Waals surface area contributed by atoms with Crippen LogP contribution in [0.15, 0.2) is 53.3 Å². The molecule has 0 bridgehead atoms. The molecular weight excluding hydrogens is 364 g/mol. The predicted octanol–water partition coefficient (Wildman–Crippen LogP) is 3.43. The summed E-state index contributed by atoms with van der Waals surface area (Å²) in [5.74, 6) is 0.482. The van der Waals surface area contributed by atoms with Crippen molar-refractivity contribution in [3.63, 3.8) is 0 Å². The number of carbonyl (C=O) groups is 1. The Morgan fingerprint density at radius 1 is 1.07 bits per heavy atom. The molecule has 0 atom stereocenters. The van der Waals surface area contributed by atoms with Crippen molar-refractivity contribution in [2.24, 2.45) is 0 Å². The molecule has 6 heteroatoms. The quantitative estimate of drug-likeness (QED) is 0.638. The van der Waals surface area contributed by atoms with Gasteiger partial charge in [0.1, 0.15) is 0 Å². The molecule has 0 aliphatic rings. The third-order valence-corrected chi connectivity index (χ3v) is 4.96. The Balaban J connectivity index is 2.13. The molecule has 29 heavy (non-hydrogen) atoms. The average molecular weight is 393 g/mol. The number of hydrogen-bond acceptors (Lipinski definition) is 4. The van der Waals surface area contributed by atoms with Gasteiger partial charge in [0.2, 0.25) is 5.95 Å². The highest BCUT2D eigenvalue weighted by atomic mass is 16.1. The second kappa shape index (κ2) is 9.37. The molecular formula is C23H28N4O2. The Kier molecular flexibility index (Phi) is 6.65. The van der Waals surface area contributed by atoms with Gasteiger partial charge in [-0.05, 0) is 44.0 Å². The molecule has 1 aromatic heterocycles. The van der Waals surface area contributed by atoms with Crippen molar-refractivity contribution in [3.8, 4) is 0 Å². The average Bonchev–Trinajstić information content (AvgIpc) is 2.75. The zero-order chi connectivity index (χ0) is 20.8. The van der Waals surface area contributed by atoms with Gasteiger partial charge in [-0.15, -0.1) is 0 Å². The van der Waals surface area contributed by atoms with Gasteiger partial charge in [-0.25, -0.2) is 4.98 Å². The molecule has 0 saturated carbocycles. The van der Waals surface area contributed by atoms with Crippen molar-refractivity contribution in [2.75, 3.05) is 24.5 Å². The fourth-order valence-corrected chi connectivity index (χ4v) is 3.35. The van der Waals surface area contributed by atoms with Crippen molar-refractivity contribution in [2.45, 2.75) is 33.7 Å². The van der Waals surface area contributed by atoms with E-state index in [2.05, 4.69) is 10.2 Å². The first-order valence-corrected chi connectivity index (χ1v) is 10.2. The van der Waals surface area contributed by atoms with E-state index in [1.165, 1.54) is 0 Å². The van der Waals surface area contributed by atoms with Crippen LogP contribution in [0.5, 0.6) is 0 Å². The van der Waals surface area contributed by atoms with E-state index in [4.69, 9.17) is 4.98 Å². The molecule has 0 fully saturated rings. The lowest BCUT2D eigenvalue weighted by Crippen LogP contribution is -2.33. The fourth-order valence-electron chi connectivity index (χ4n) is 3.35. The zero-order valence-electron chi connectivity index (χ0n) is 17.3. The van der Waals surface area contributed by atoms with Gasteiger partial charge in [-0.1, -0.05) is 37.3 Å². The molecule has 6 nitrogen and oxygen atoms in total. The Bertz CT molecular complexity index is 1040. The number of rotatable bonds is 8. The molecule has 152 valence electrons. The van der Waals surface area contributed by atoms with Crippen LogP contribution in [0.2, 0.25) is 0 Å². The SMILES string of the molecule is CCCNC(=O)c1ccc2c(=O)n(Cc3ccccc3)c(N(CC)CC)nc2c1. The zero-order valence-corrected chi connectivity index (χ0v) is 17.3. The highest BCUT2D eigenvalue weighted by molar-refractivity contribution is 5.97. The molecule has 0 unspecified atom stereocenters. The number of aromatic nitrogens is 2. The first-order valence-electron chi connectivity index (χ1n) is 10.2. The molecule has 0 saturated heterocycles. The molecule has 1 amide bonds. The second-order valence-corrected chi connectivity index (χ2v) is 6.95. The molecule has 1 N–H and O–H groups in total. The Labute approximate surface area is 171 Å². The normalized spacial score (nSPS) is 10.9. The van der Waals surface area contributed by atoms with Crippen LogP contribution in [0.25, 0.3) is 10.9 Å². The molecule has 0 aliphatic carbocycles. The number of anilines is 1. The molecule has 0 spiro atoms. The maximum atomic E-state index is 13.3. The fraction of sp³-hybridized carbons (Fsp3) is 0.348. The summed E-state index contributed by atoms with van der Waals surface area (Å²) in [7, 11) is 0. The highest BCUT2D eigenvalue weighted by Crippen LogP contribution is 2.18. The lowest BCUT2D eigenvalue weighted by Gasteiger charge is -2.24. The monoisotopic (exact) mass is 392 g/mol. The van der Waals surface area contributed by atoms with Crippen molar-refractivity contribution in [1.82, 2.24) is 14.9 Å². The summed E-state index contributed by atoms with van der Waals surface area (Å²) in [6, 6.07) is 15.0. The molecule has 1 heterocycles. The van der Waals surface area contributed by atoms with Gasteiger partial charge in [0.05, 0.1) is 17.4 Å². The smallest absolute Gasteiger partial charge is 0.263 e. The van der Waals surface area contributed by atoms with Crippen molar-refractivity contribution < 1.29 is 4.79 Å². The summed E-state index contributed by atoms with van der Waals surface area (Å²) >= 11 is 0. The van der Waals surface area contributed by atoms with Gasteiger partial charge in [-0.2, -0.15) is 0 Å². The number of nitrogens with one attached hydrogen (secondary N) is 1. The number of fused-ring (bicyclic) bond motifs is 1. The third-order valence-electron chi connectivity index (χ3n) is 4.96. The van der Waals surface area contributed by atoms with Crippen LogP contribution in [0, 0.1) is 0 Å². The van der Waals surface area contributed by atoms with Gasteiger partial charge in [0.25, 0.3) is 11.5 Å². The number of amides is 1. The van der Waals surface area contributed by atoms with Crippen LogP contribution >= 0.6 is 0 Å². The minimum atomic E-state index is -0.145. The summed E-state index contributed by atoms with van der Waals surface area (Å²) in [6.45, 7) is 8.64. The third kappa shape index (κ3) is 4.47. The largest absolute Gasteiger partial charge is 0.352 e. The van der Waals surface area contributed by atoms with Crippen LogP contribution in [0.1, 0.15) is 43.1 Å². The van der Waals surface area contributed by atoms with Crippen molar-refractivity contribution in [1.29, 1.82) is 0 Å². The van der Waals surface area contributed by atoms with E-state index < -0.39 is 0 Å². The lowest BCUT2D eigenvalue weighted by molar-refractivity contribution is 0.0954. The standard InChI is InChI=1S/C23H28N4O2/c1-4-14-24-21(28)18-12-13-19-20(15-18)25-23(26(5-2)6-3)27(22(19)29)16-17-10-8-7-9-11-17/h7-13,15H,4-6,14,16H2,1-3H3,(H,24,28). The Morgan fingerprint density at radius 3 is 2.45 bits per heavy atom. The van der Waals surface area contributed by atoms with Crippen LogP contribution < -0.4 is 15.8 Å². The Morgan fingerprint density at radius 2 is 1.79 bits per heavy atom. The van der Waals surface area contributed by atoms with Gasteiger partial charge in [0.15, 0.2) is 0 Å². The summed E-state index contributed by atoms with van der Waals surface area (Å²) in [6.07, 6.45) is 0.869. The van der Waals surface area contributed by atoms with E-state index in [1.807, 2.05) is 51.1 Å². The minimum absolute atomic E-state index is 0.0960. The Hall–Kier alpha value is -3.15. The van der Waals surface area contributed by atoms with Crippen LogP contribution in [-0.4, -0.2) is 35.1 Å². The van der Waals surface area contributed by atoms with E-state index in [9.17, 15) is 9.59 Å². The highest BCUT2D eigenvalue weighted by Gasteiger charge is 2.17. The number of benzene rings is 2. The molecule has 0 aliphatic heterocycles. The van der Waals surface area contributed by atoms with E-state index >= 15 is 0 Å². The predicted molar refractivity (Wildman–Crippen MR) is 118 cm³/mol. The number of carbonyl (C=O) groups excluding carboxylic acids is 1. The molecule has 3 rings (SSSR count). The lowest BCUT2D eigenvalue weighted by atomic mass is 10.1. The first-order chi connectivity index (χ1) is 14.1. The van der Waals surface area contributed by atoms with Crippen LogP contribution in [0.4, 0.5) is 5.95 Å². The summed E-state index contributed by atoms with van der Waals surface area (Å²) < 4.78 is 1.72. The molecule has 2 aromatic carbocycles. The maximum absolute atomic E-state index is 13.3. The summed E-state index contributed by atoms with van der Waals surface area (Å²) in [5, 5.41) is 3.39. The van der Waals surface area contributed by atoms with Crippen LogP contribution in [0.3, 0.4) is 0 Å². The van der Waals surface area contributed by atoms with E-state index in [0.29, 0.717) is 35.5 Å². The topological polar surface area (TPSA) is 67.2 Å². The number of hydrogen-bond donors (Lipinski definition) is 1.